The van der Waals surface area contributed by atoms with Gasteiger partial charge in [0.15, 0.2) is 5.69 Å². The fourth-order valence-corrected chi connectivity index (χ4v) is 7.33. The maximum absolute atomic E-state index is 14.1. The lowest BCUT2D eigenvalue weighted by molar-refractivity contribution is -0.146. The second kappa shape index (κ2) is 11.6. The molecule has 1 saturated carbocycles. The maximum atomic E-state index is 14.1. The molecule has 1 N–H and O–H groups in total. The zero-order valence-corrected chi connectivity index (χ0v) is 24.9. The lowest BCUT2D eigenvalue weighted by atomic mass is 9.69. The first kappa shape index (κ1) is 28.0. The van der Waals surface area contributed by atoms with Crippen molar-refractivity contribution in [3.63, 3.8) is 0 Å². The summed E-state index contributed by atoms with van der Waals surface area (Å²) in [6, 6.07) is 12.2. The molecule has 41 heavy (non-hydrogen) atoms. The number of carbonyl (C=O) groups excluding carboxylic acids is 2. The minimum absolute atomic E-state index is 0.107. The third kappa shape index (κ3) is 5.43. The minimum atomic E-state index is -0.196. The molecule has 4 aliphatic heterocycles. The monoisotopic (exact) mass is 559 g/mol. The first-order valence-electron chi connectivity index (χ1n) is 15.7. The summed E-state index contributed by atoms with van der Waals surface area (Å²) in [5.74, 6) is 1.48. The molecule has 1 aliphatic carbocycles. The summed E-state index contributed by atoms with van der Waals surface area (Å²) < 4.78 is 5.91. The van der Waals surface area contributed by atoms with E-state index in [0.717, 1.165) is 80.9 Å². The lowest BCUT2D eigenvalue weighted by Crippen LogP contribution is -2.59. The van der Waals surface area contributed by atoms with Crippen LogP contribution in [0.15, 0.2) is 36.4 Å². The SMILES string of the molecule is CCOc1ccccc1-c1ccc(N2CCN(C(=O)C3(C)CCC3)C[C@H]2CC)c(C(=O)N[C@@H]2CN3CCC2CC3)n1. The highest BCUT2D eigenvalue weighted by Gasteiger charge is 2.44. The quantitative estimate of drug-likeness (QED) is 0.510. The molecule has 2 bridgehead atoms. The zero-order chi connectivity index (χ0) is 28.6. The molecule has 5 fully saturated rings. The van der Waals surface area contributed by atoms with Gasteiger partial charge in [-0.05, 0) is 82.3 Å². The highest BCUT2D eigenvalue weighted by atomic mass is 16.5. The van der Waals surface area contributed by atoms with Crippen LogP contribution in [-0.4, -0.2) is 84.6 Å². The Hall–Kier alpha value is -3.13. The second-order valence-corrected chi connectivity index (χ2v) is 12.6. The maximum Gasteiger partial charge on any atom is 0.272 e. The Morgan fingerprint density at radius 1 is 1.02 bits per heavy atom. The van der Waals surface area contributed by atoms with E-state index in [9.17, 15) is 9.59 Å². The summed E-state index contributed by atoms with van der Waals surface area (Å²) in [6.45, 7) is 12.0. The Kier molecular flexibility index (Phi) is 7.94. The smallest absolute Gasteiger partial charge is 0.272 e. The van der Waals surface area contributed by atoms with E-state index in [1.807, 2.05) is 37.3 Å². The number of pyridine rings is 1. The van der Waals surface area contributed by atoms with Crippen molar-refractivity contribution < 1.29 is 14.3 Å². The molecule has 0 radical (unpaired) electrons. The van der Waals surface area contributed by atoms with E-state index in [-0.39, 0.29) is 23.4 Å². The number of anilines is 1. The van der Waals surface area contributed by atoms with Crippen molar-refractivity contribution in [1.29, 1.82) is 0 Å². The third-order valence-corrected chi connectivity index (χ3v) is 10.0. The van der Waals surface area contributed by atoms with Crippen LogP contribution < -0.4 is 15.0 Å². The van der Waals surface area contributed by atoms with Gasteiger partial charge < -0.3 is 24.8 Å². The number of aromatic nitrogens is 1. The molecule has 7 rings (SSSR count). The number of hydrogen-bond donors (Lipinski definition) is 1. The first-order valence-corrected chi connectivity index (χ1v) is 15.7. The van der Waals surface area contributed by atoms with Gasteiger partial charge in [0.05, 0.1) is 18.0 Å². The van der Waals surface area contributed by atoms with E-state index in [1.54, 1.807) is 0 Å². The van der Waals surface area contributed by atoms with Crippen LogP contribution in [0.25, 0.3) is 11.3 Å². The normalized spacial score (nSPS) is 26.8. The van der Waals surface area contributed by atoms with Crippen LogP contribution in [0.1, 0.15) is 69.8 Å². The third-order valence-electron chi connectivity index (χ3n) is 10.0. The van der Waals surface area contributed by atoms with Gasteiger partial charge in [0.1, 0.15) is 5.75 Å². The molecule has 2 amide bonds. The topological polar surface area (TPSA) is 78.0 Å². The number of hydrogen-bond acceptors (Lipinski definition) is 6. The van der Waals surface area contributed by atoms with Crippen molar-refractivity contribution in [2.45, 2.75) is 71.4 Å². The zero-order valence-electron chi connectivity index (χ0n) is 24.9. The molecule has 1 aromatic heterocycles. The van der Waals surface area contributed by atoms with E-state index in [4.69, 9.17) is 9.72 Å². The van der Waals surface area contributed by atoms with E-state index in [0.29, 0.717) is 43.8 Å². The number of benzene rings is 1. The van der Waals surface area contributed by atoms with Gasteiger partial charge in [-0.25, -0.2) is 4.98 Å². The van der Waals surface area contributed by atoms with Crippen molar-refractivity contribution in [3.05, 3.63) is 42.1 Å². The molecule has 2 aromatic rings. The number of nitrogens with one attached hydrogen (secondary N) is 1. The van der Waals surface area contributed by atoms with Crippen molar-refractivity contribution in [2.24, 2.45) is 11.3 Å². The Morgan fingerprint density at radius 2 is 1.80 bits per heavy atom. The molecule has 2 atom stereocenters. The number of piperidine rings is 3. The van der Waals surface area contributed by atoms with Crippen LogP contribution in [0.3, 0.4) is 0 Å². The summed E-state index contributed by atoms with van der Waals surface area (Å²) >= 11 is 0. The molecule has 8 nitrogen and oxygen atoms in total. The van der Waals surface area contributed by atoms with Crippen molar-refractivity contribution in [3.8, 4) is 17.0 Å². The van der Waals surface area contributed by atoms with Crippen LogP contribution in [0.5, 0.6) is 5.75 Å². The molecule has 0 spiro atoms. The lowest BCUT2D eigenvalue weighted by Gasteiger charge is -2.47. The Labute approximate surface area is 244 Å². The summed E-state index contributed by atoms with van der Waals surface area (Å²) in [7, 11) is 0. The van der Waals surface area contributed by atoms with E-state index in [1.165, 1.54) is 0 Å². The van der Waals surface area contributed by atoms with Crippen LogP contribution in [0.2, 0.25) is 0 Å². The number of para-hydroxylation sites is 1. The summed E-state index contributed by atoms with van der Waals surface area (Å²) in [6.07, 6.45) is 6.28. The summed E-state index contributed by atoms with van der Waals surface area (Å²) in [5.41, 5.74) is 2.74. The van der Waals surface area contributed by atoms with Crippen LogP contribution in [0.4, 0.5) is 5.69 Å². The Morgan fingerprint density at radius 3 is 2.46 bits per heavy atom. The first-order chi connectivity index (χ1) is 19.9. The fraction of sp³-hybridized carbons (Fsp3) is 0.606. The molecule has 4 saturated heterocycles. The number of rotatable bonds is 8. The van der Waals surface area contributed by atoms with Gasteiger partial charge in [-0.2, -0.15) is 0 Å². The van der Waals surface area contributed by atoms with E-state index < -0.39 is 0 Å². The van der Waals surface area contributed by atoms with Crippen LogP contribution in [0, 0.1) is 11.3 Å². The average Bonchev–Trinajstić information content (AvgIpc) is 3.00. The highest BCUT2D eigenvalue weighted by molar-refractivity contribution is 5.99. The van der Waals surface area contributed by atoms with Gasteiger partial charge in [-0.1, -0.05) is 32.4 Å². The molecule has 5 aliphatic rings. The summed E-state index contributed by atoms with van der Waals surface area (Å²) in [4.78, 5) is 39.3. The van der Waals surface area contributed by atoms with Crippen LogP contribution in [-0.2, 0) is 4.79 Å². The summed E-state index contributed by atoms with van der Waals surface area (Å²) in [5, 5.41) is 3.39. The van der Waals surface area contributed by atoms with Gasteiger partial charge in [0.25, 0.3) is 5.91 Å². The number of nitrogens with zero attached hydrogens (tertiary/aromatic N) is 4. The number of piperazine rings is 1. The number of carbonyl (C=O) groups is 2. The molecular weight excluding hydrogens is 514 g/mol. The molecule has 0 unspecified atom stereocenters. The van der Waals surface area contributed by atoms with Gasteiger partial charge in [-0.15, -0.1) is 0 Å². The molecule has 220 valence electrons. The number of amides is 2. The predicted octanol–water partition coefficient (Wildman–Crippen LogP) is 4.59. The fourth-order valence-electron chi connectivity index (χ4n) is 7.33. The largest absolute Gasteiger partial charge is 0.493 e. The molecule has 8 heteroatoms. The van der Waals surface area contributed by atoms with Crippen molar-refractivity contribution in [2.75, 3.05) is 50.8 Å². The number of fused-ring (bicyclic) bond motifs is 3. The Bertz CT molecular complexity index is 1270. The van der Waals surface area contributed by atoms with Gasteiger partial charge in [-0.3, -0.25) is 9.59 Å². The molecule has 1 aromatic carbocycles. The number of ether oxygens (including phenoxy) is 1. The molecular formula is C33H45N5O3. The van der Waals surface area contributed by atoms with E-state index >= 15 is 0 Å². The highest BCUT2D eigenvalue weighted by Crippen LogP contribution is 2.42. The standard InChI is InChI=1S/C33H45N5O3/c1-4-24-21-37(32(40)33(3)15-8-16-33)19-20-38(24)28-12-11-26(25-9-6-7-10-29(25)41-5-2)34-30(28)31(39)35-27-22-36-17-13-23(27)14-18-36/h6-7,9-12,23-24,27H,4-5,8,13-22H2,1-3H3,(H,35,39)/t24-,27-/m1/s1. The van der Waals surface area contributed by atoms with E-state index in [2.05, 4.69) is 39.9 Å². The molecule has 5 heterocycles. The average molecular weight is 560 g/mol. The van der Waals surface area contributed by atoms with Gasteiger partial charge in [0, 0.05) is 49.2 Å². The van der Waals surface area contributed by atoms with Crippen molar-refractivity contribution >= 4 is 17.5 Å². The van der Waals surface area contributed by atoms with Crippen molar-refractivity contribution in [1.82, 2.24) is 20.1 Å². The second-order valence-electron chi connectivity index (χ2n) is 12.6. The van der Waals surface area contributed by atoms with Crippen LogP contribution >= 0.6 is 0 Å². The Balaban J connectivity index is 1.31. The van der Waals surface area contributed by atoms with Gasteiger partial charge >= 0.3 is 0 Å². The predicted molar refractivity (Wildman–Crippen MR) is 161 cm³/mol. The minimum Gasteiger partial charge on any atom is -0.493 e. The van der Waals surface area contributed by atoms with Gasteiger partial charge in [0.2, 0.25) is 5.91 Å².